The second-order valence-electron chi connectivity index (χ2n) is 7.74. The summed E-state index contributed by atoms with van der Waals surface area (Å²) in [6, 6.07) is 6.24. The first-order valence-electron chi connectivity index (χ1n) is 9.74. The molecule has 2 aromatic heterocycles. The SMILES string of the molecule is CC(C)(O)CNC(=O)c1cnn2ccc(N3CCCC3)nc12.Fc1ccc(F)cc1. The van der Waals surface area contributed by atoms with Crippen LogP contribution in [0.4, 0.5) is 14.6 Å². The van der Waals surface area contributed by atoms with E-state index in [-0.39, 0.29) is 12.5 Å². The summed E-state index contributed by atoms with van der Waals surface area (Å²) in [5.74, 6) is -0.219. The van der Waals surface area contributed by atoms with E-state index in [1.54, 1.807) is 18.4 Å². The number of amides is 1. The Balaban J connectivity index is 0.000000269. The van der Waals surface area contributed by atoms with Crippen LogP contribution in [0.3, 0.4) is 0 Å². The molecule has 1 fully saturated rings. The molecule has 0 radical (unpaired) electrons. The molecule has 4 rings (SSSR count). The van der Waals surface area contributed by atoms with E-state index in [1.807, 2.05) is 12.3 Å². The fourth-order valence-electron chi connectivity index (χ4n) is 2.96. The summed E-state index contributed by atoms with van der Waals surface area (Å²) in [4.78, 5) is 19.1. The monoisotopic (exact) mass is 417 g/mol. The molecule has 1 amide bonds. The second-order valence-corrected chi connectivity index (χ2v) is 7.74. The smallest absolute Gasteiger partial charge is 0.256 e. The number of nitrogens with zero attached hydrogens (tertiary/aromatic N) is 4. The van der Waals surface area contributed by atoms with Crippen molar-refractivity contribution in [1.82, 2.24) is 19.9 Å². The van der Waals surface area contributed by atoms with Gasteiger partial charge in [0.15, 0.2) is 5.65 Å². The third-order valence-electron chi connectivity index (χ3n) is 4.51. The molecule has 1 aromatic carbocycles. The Morgan fingerprint density at radius 3 is 2.30 bits per heavy atom. The van der Waals surface area contributed by atoms with E-state index < -0.39 is 17.2 Å². The van der Waals surface area contributed by atoms with Crippen LogP contribution in [-0.2, 0) is 0 Å². The maximum absolute atomic E-state index is 12.3. The minimum atomic E-state index is -0.952. The number of hydrogen-bond donors (Lipinski definition) is 2. The molecule has 30 heavy (non-hydrogen) atoms. The predicted octanol–water partition coefficient (Wildman–Crippen LogP) is 2.80. The van der Waals surface area contributed by atoms with Crippen molar-refractivity contribution in [3.8, 4) is 0 Å². The minimum Gasteiger partial charge on any atom is -0.389 e. The third-order valence-corrected chi connectivity index (χ3v) is 4.51. The highest BCUT2D eigenvalue weighted by Gasteiger charge is 2.20. The van der Waals surface area contributed by atoms with Crippen molar-refractivity contribution in [2.24, 2.45) is 0 Å². The molecule has 1 aliphatic heterocycles. The van der Waals surface area contributed by atoms with E-state index in [2.05, 4.69) is 20.3 Å². The number of nitrogens with one attached hydrogen (secondary N) is 1. The number of rotatable bonds is 4. The minimum absolute atomic E-state index is 0.176. The fraction of sp³-hybridized carbons (Fsp3) is 0.381. The zero-order chi connectivity index (χ0) is 21.7. The number of anilines is 1. The lowest BCUT2D eigenvalue weighted by Crippen LogP contribution is -2.38. The Kier molecular flexibility index (Phi) is 6.61. The lowest BCUT2D eigenvalue weighted by molar-refractivity contribution is 0.0695. The molecular formula is C21H25F2N5O2. The first-order chi connectivity index (χ1) is 14.2. The van der Waals surface area contributed by atoms with Gasteiger partial charge in [-0.25, -0.2) is 18.3 Å². The summed E-state index contributed by atoms with van der Waals surface area (Å²) in [7, 11) is 0. The molecule has 1 saturated heterocycles. The molecule has 2 N–H and O–H groups in total. The molecule has 9 heteroatoms. The highest BCUT2D eigenvalue weighted by molar-refractivity contribution is 5.99. The Bertz CT molecular complexity index is 972. The molecule has 1 aliphatic rings. The van der Waals surface area contributed by atoms with Gasteiger partial charge in [0.1, 0.15) is 23.0 Å². The van der Waals surface area contributed by atoms with E-state index in [0.717, 1.165) is 43.2 Å². The maximum atomic E-state index is 12.3. The van der Waals surface area contributed by atoms with Crippen LogP contribution in [0.5, 0.6) is 0 Å². The zero-order valence-corrected chi connectivity index (χ0v) is 17.0. The summed E-state index contributed by atoms with van der Waals surface area (Å²) >= 11 is 0. The number of aromatic nitrogens is 3. The number of benzene rings is 1. The van der Waals surface area contributed by atoms with Crippen LogP contribution >= 0.6 is 0 Å². The van der Waals surface area contributed by atoms with E-state index in [1.165, 1.54) is 19.0 Å². The molecule has 0 spiro atoms. The molecule has 7 nitrogen and oxygen atoms in total. The van der Waals surface area contributed by atoms with E-state index in [4.69, 9.17) is 0 Å². The molecular weight excluding hydrogens is 392 g/mol. The quantitative estimate of drug-likeness (QED) is 0.682. The van der Waals surface area contributed by atoms with Gasteiger partial charge in [-0.1, -0.05) is 0 Å². The van der Waals surface area contributed by atoms with Crippen LogP contribution in [-0.4, -0.2) is 50.8 Å². The Labute approximate surface area is 173 Å². The standard InChI is InChI=1S/C15H21N5O2.C6H4F2/c1-15(2,22)10-16-14(21)11-9-17-20-8-5-12(18-13(11)20)19-6-3-4-7-19;7-5-1-2-6(8)4-3-5/h5,8-9,22H,3-4,6-7,10H2,1-2H3,(H,16,21);1-4H. The lowest BCUT2D eigenvalue weighted by atomic mass is 10.1. The summed E-state index contributed by atoms with van der Waals surface area (Å²) < 4.78 is 25.4. The van der Waals surface area contributed by atoms with Crippen LogP contribution in [0.25, 0.3) is 5.65 Å². The number of carbonyl (C=O) groups excluding carboxylic acids is 1. The van der Waals surface area contributed by atoms with Crippen molar-refractivity contribution in [2.75, 3.05) is 24.5 Å². The Hall–Kier alpha value is -3.07. The number of fused-ring (bicyclic) bond motifs is 1. The normalized spacial score (nSPS) is 13.8. The van der Waals surface area contributed by atoms with Crippen LogP contribution in [0.2, 0.25) is 0 Å². The van der Waals surface area contributed by atoms with E-state index in [9.17, 15) is 18.7 Å². The maximum Gasteiger partial charge on any atom is 0.256 e. The van der Waals surface area contributed by atoms with Crippen molar-refractivity contribution in [3.63, 3.8) is 0 Å². The van der Waals surface area contributed by atoms with Crippen LogP contribution in [0.1, 0.15) is 37.0 Å². The number of carbonyl (C=O) groups is 1. The van der Waals surface area contributed by atoms with Crippen molar-refractivity contribution in [1.29, 1.82) is 0 Å². The number of aliphatic hydroxyl groups is 1. The zero-order valence-electron chi connectivity index (χ0n) is 17.0. The first kappa shape index (κ1) is 21.6. The van der Waals surface area contributed by atoms with Gasteiger partial charge in [-0.2, -0.15) is 5.10 Å². The molecule has 0 unspecified atom stereocenters. The summed E-state index contributed by atoms with van der Waals surface area (Å²) in [5.41, 5.74) is 0.00944. The average Bonchev–Trinajstić information content (AvgIpc) is 3.37. The van der Waals surface area contributed by atoms with Crippen LogP contribution < -0.4 is 10.2 Å². The van der Waals surface area contributed by atoms with E-state index in [0.29, 0.717) is 11.2 Å². The first-order valence-corrected chi connectivity index (χ1v) is 9.74. The van der Waals surface area contributed by atoms with Gasteiger partial charge in [-0.15, -0.1) is 0 Å². The van der Waals surface area contributed by atoms with Crippen molar-refractivity contribution >= 4 is 17.4 Å². The molecule has 0 bridgehead atoms. The largest absolute Gasteiger partial charge is 0.389 e. The molecule has 0 aliphatic carbocycles. The van der Waals surface area contributed by atoms with Gasteiger partial charge in [0.2, 0.25) is 0 Å². The topological polar surface area (TPSA) is 82.8 Å². The fourth-order valence-corrected chi connectivity index (χ4v) is 2.96. The van der Waals surface area contributed by atoms with Gasteiger partial charge >= 0.3 is 0 Å². The molecule has 3 heterocycles. The molecule has 160 valence electrons. The average molecular weight is 417 g/mol. The summed E-state index contributed by atoms with van der Waals surface area (Å²) in [5, 5.41) is 16.6. The van der Waals surface area contributed by atoms with Gasteiger partial charge < -0.3 is 15.3 Å². The van der Waals surface area contributed by atoms with Crippen molar-refractivity contribution < 1.29 is 18.7 Å². The molecule has 0 atom stereocenters. The van der Waals surface area contributed by atoms with Gasteiger partial charge in [-0.05, 0) is 57.0 Å². The lowest BCUT2D eigenvalue weighted by Gasteiger charge is -2.17. The Morgan fingerprint density at radius 2 is 1.73 bits per heavy atom. The van der Waals surface area contributed by atoms with E-state index >= 15 is 0 Å². The highest BCUT2D eigenvalue weighted by atomic mass is 19.1. The van der Waals surface area contributed by atoms with Crippen LogP contribution in [0.15, 0.2) is 42.7 Å². The third kappa shape index (κ3) is 5.73. The second kappa shape index (κ2) is 9.17. The predicted molar refractivity (Wildman–Crippen MR) is 109 cm³/mol. The highest BCUT2D eigenvalue weighted by Crippen LogP contribution is 2.19. The van der Waals surface area contributed by atoms with Crippen LogP contribution in [0, 0.1) is 11.6 Å². The van der Waals surface area contributed by atoms with Crippen molar-refractivity contribution in [3.05, 3.63) is 59.9 Å². The summed E-state index contributed by atoms with van der Waals surface area (Å²) in [6.07, 6.45) is 5.68. The van der Waals surface area contributed by atoms with Gasteiger partial charge in [0, 0.05) is 25.8 Å². The molecule has 0 saturated carbocycles. The molecule has 3 aromatic rings. The van der Waals surface area contributed by atoms with Gasteiger partial charge in [0.05, 0.1) is 11.8 Å². The number of halogens is 2. The van der Waals surface area contributed by atoms with Gasteiger partial charge in [0.25, 0.3) is 5.91 Å². The van der Waals surface area contributed by atoms with Gasteiger partial charge in [-0.3, -0.25) is 4.79 Å². The Morgan fingerprint density at radius 1 is 1.13 bits per heavy atom. The van der Waals surface area contributed by atoms with Crippen molar-refractivity contribution in [2.45, 2.75) is 32.3 Å². The number of hydrogen-bond acceptors (Lipinski definition) is 5. The summed E-state index contributed by atoms with van der Waals surface area (Å²) in [6.45, 7) is 5.46.